The second-order valence-corrected chi connectivity index (χ2v) is 11.2. The molecule has 10 heteroatoms. The van der Waals surface area contributed by atoms with Gasteiger partial charge in [-0.1, -0.05) is 44.2 Å². The molecule has 8 nitrogen and oxygen atoms in total. The van der Waals surface area contributed by atoms with E-state index in [1.807, 2.05) is 24.6 Å². The van der Waals surface area contributed by atoms with Crippen LogP contribution < -0.4 is 13.8 Å². The van der Waals surface area contributed by atoms with Gasteiger partial charge in [0.25, 0.3) is 5.91 Å². The van der Waals surface area contributed by atoms with Crippen molar-refractivity contribution in [3.63, 3.8) is 0 Å². The van der Waals surface area contributed by atoms with E-state index in [0.717, 1.165) is 18.4 Å². The summed E-state index contributed by atoms with van der Waals surface area (Å²) in [6, 6.07) is 14.5. The smallest absolute Gasteiger partial charge is 0.343 e. The molecule has 3 aromatic carbocycles. The Bertz CT molecular complexity index is 1420. The third-order valence-electron chi connectivity index (χ3n) is 6.11. The highest BCUT2D eigenvalue weighted by atomic mass is 32.2. The third kappa shape index (κ3) is 5.34. The van der Waals surface area contributed by atoms with E-state index >= 15 is 4.39 Å². The first-order chi connectivity index (χ1) is 17.0. The minimum Gasteiger partial charge on any atom is -0.421 e. The zero-order valence-electron chi connectivity index (χ0n) is 20.0. The molecule has 1 amide bonds. The molecular weight excluding hydrogens is 487 g/mol. The molecule has 3 aromatic rings. The standard InChI is InChI=1S/C26H27FN2O6S/c1-26(2,16-30)12-6-7-17-10-11-19-14-21(35-25(32)18-8-4-3-5-9-18)24(23(27)20(19)13-17)29-15-22(31)28-36(29,33)34/h3-5,8-11,13-14,30H,6-7,12,15-16H2,1-2H3,(H,28,31). The summed E-state index contributed by atoms with van der Waals surface area (Å²) in [7, 11) is -4.37. The van der Waals surface area contributed by atoms with E-state index in [-0.39, 0.29) is 28.7 Å². The van der Waals surface area contributed by atoms with Crippen molar-refractivity contribution < 1.29 is 32.2 Å². The number of anilines is 1. The second-order valence-electron chi connectivity index (χ2n) is 9.56. The third-order valence-corrected chi connectivity index (χ3v) is 7.49. The van der Waals surface area contributed by atoms with Gasteiger partial charge in [0.05, 0.1) is 5.56 Å². The van der Waals surface area contributed by atoms with Crippen molar-refractivity contribution in [3.8, 4) is 5.75 Å². The van der Waals surface area contributed by atoms with Crippen molar-refractivity contribution >= 4 is 38.5 Å². The SMILES string of the molecule is CC(C)(CO)CCCc1ccc2cc(OC(=O)c3ccccc3)c(N3CC(=O)NS3(=O)=O)c(F)c2c1. The maximum atomic E-state index is 16.0. The average molecular weight is 515 g/mol. The van der Waals surface area contributed by atoms with E-state index < -0.39 is 40.1 Å². The Hall–Kier alpha value is -3.50. The molecule has 0 spiro atoms. The number of aliphatic hydroxyl groups is 1. The summed E-state index contributed by atoms with van der Waals surface area (Å²) in [5.41, 5.74) is 0.289. The second kappa shape index (κ2) is 9.87. The maximum Gasteiger partial charge on any atom is 0.343 e. The number of aryl methyl sites for hydroxylation is 1. The number of esters is 1. The number of nitrogens with one attached hydrogen (secondary N) is 1. The summed E-state index contributed by atoms with van der Waals surface area (Å²) in [4.78, 5) is 24.6. The Morgan fingerprint density at radius 2 is 1.89 bits per heavy atom. The first kappa shape index (κ1) is 25.6. The molecule has 2 N–H and O–H groups in total. The number of halogens is 1. The Kier molecular flexibility index (Phi) is 7.01. The molecule has 36 heavy (non-hydrogen) atoms. The number of carbonyl (C=O) groups excluding carboxylic acids is 2. The number of carbonyl (C=O) groups is 2. The highest BCUT2D eigenvalue weighted by Gasteiger charge is 2.38. The van der Waals surface area contributed by atoms with Gasteiger partial charge in [-0.05, 0) is 59.9 Å². The molecule has 1 aliphatic heterocycles. The van der Waals surface area contributed by atoms with Crippen molar-refractivity contribution in [1.29, 1.82) is 0 Å². The summed E-state index contributed by atoms with van der Waals surface area (Å²) < 4.78 is 49.0. The van der Waals surface area contributed by atoms with Gasteiger partial charge >= 0.3 is 16.2 Å². The van der Waals surface area contributed by atoms with E-state index in [1.54, 1.807) is 30.3 Å². The van der Waals surface area contributed by atoms with Crippen LogP contribution in [0, 0.1) is 11.2 Å². The van der Waals surface area contributed by atoms with Gasteiger partial charge in [-0.15, -0.1) is 0 Å². The predicted molar refractivity (Wildman–Crippen MR) is 134 cm³/mol. The summed E-state index contributed by atoms with van der Waals surface area (Å²) in [5, 5.41) is 10.00. The normalized spacial score (nSPS) is 15.2. The quantitative estimate of drug-likeness (QED) is 0.350. The van der Waals surface area contributed by atoms with Gasteiger partial charge in [0.15, 0.2) is 11.6 Å². The molecule has 0 aromatic heterocycles. The number of hydrogen-bond acceptors (Lipinski definition) is 6. The van der Waals surface area contributed by atoms with Gasteiger partial charge in [0.2, 0.25) is 0 Å². The van der Waals surface area contributed by atoms with Gasteiger partial charge in [-0.2, -0.15) is 8.42 Å². The monoisotopic (exact) mass is 514 g/mol. The van der Waals surface area contributed by atoms with Gasteiger partial charge < -0.3 is 9.84 Å². The number of nitrogens with zero attached hydrogens (tertiary/aromatic N) is 1. The highest BCUT2D eigenvalue weighted by Crippen LogP contribution is 2.40. The minimum atomic E-state index is -4.37. The number of benzene rings is 3. The molecule has 1 saturated heterocycles. The molecule has 0 unspecified atom stereocenters. The fourth-order valence-electron chi connectivity index (χ4n) is 4.06. The van der Waals surface area contributed by atoms with Crippen molar-refractivity contribution in [2.24, 2.45) is 5.41 Å². The van der Waals surface area contributed by atoms with Crippen molar-refractivity contribution in [2.75, 3.05) is 17.5 Å². The fraction of sp³-hybridized carbons (Fsp3) is 0.308. The zero-order valence-corrected chi connectivity index (χ0v) is 20.8. The van der Waals surface area contributed by atoms with Crippen LogP contribution in [0.1, 0.15) is 42.6 Å². The average Bonchev–Trinajstić information content (AvgIpc) is 3.11. The predicted octanol–water partition coefficient (Wildman–Crippen LogP) is 3.72. The van der Waals surface area contributed by atoms with Crippen molar-refractivity contribution in [3.05, 3.63) is 71.5 Å². The Labute approximate surface area is 208 Å². The van der Waals surface area contributed by atoms with Crippen LogP contribution in [0.2, 0.25) is 0 Å². The number of amides is 1. The van der Waals surface area contributed by atoms with Crippen molar-refractivity contribution in [1.82, 2.24) is 4.72 Å². The molecule has 0 aliphatic carbocycles. The molecule has 0 saturated carbocycles. The van der Waals surface area contributed by atoms with E-state index in [2.05, 4.69) is 0 Å². The van der Waals surface area contributed by atoms with Crippen LogP contribution >= 0.6 is 0 Å². The van der Waals surface area contributed by atoms with Crippen LogP contribution in [0.5, 0.6) is 5.75 Å². The van der Waals surface area contributed by atoms with E-state index in [0.29, 0.717) is 16.1 Å². The molecule has 1 heterocycles. The first-order valence-corrected chi connectivity index (χ1v) is 12.9. The van der Waals surface area contributed by atoms with Crippen LogP contribution in [0.4, 0.5) is 10.1 Å². The van der Waals surface area contributed by atoms with E-state index in [1.165, 1.54) is 18.2 Å². The van der Waals surface area contributed by atoms with Crippen LogP contribution in [0.25, 0.3) is 10.8 Å². The Morgan fingerprint density at radius 1 is 1.17 bits per heavy atom. The molecule has 0 atom stereocenters. The lowest BCUT2D eigenvalue weighted by molar-refractivity contribution is -0.117. The van der Waals surface area contributed by atoms with Gasteiger partial charge in [-0.3, -0.25) is 4.79 Å². The van der Waals surface area contributed by atoms with Gasteiger partial charge in [0, 0.05) is 12.0 Å². The molecule has 190 valence electrons. The van der Waals surface area contributed by atoms with Gasteiger partial charge in [0.1, 0.15) is 12.2 Å². The van der Waals surface area contributed by atoms with E-state index in [9.17, 15) is 23.1 Å². The van der Waals surface area contributed by atoms with E-state index in [4.69, 9.17) is 4.74 Å². The highest BCUT2D eigenvalue weighted by molar-refractivity contribution is 7.92. The number of hydrogen-bond donors (Lipinski definition) is 2. The van der Waals surface area contributed by atoms with Crippen LogP contribution in [0.15, 0.2) is 54.6 Å². The van der Waals surface area contributed by atoms with Crippen molar-refractivity contribution in [2.45, 2.75) is 33.1 Å². The van der Waals surface area contributed by atoms with Gasteiger partial charge in [-0.25, -0.2) is 18.2 Å². The Balaban J connectivity index is 1.76. The lowest BCUT2D eigenvalue weighted by atomic mass is 9.87. The van der Waals surface area contributed by atoms with Crippen LogP contribution in [-0.4, -0.2) is 38.6 Å². The summed E-state index contributed by atoms with van der Waals surface area (Å²) >= 11 is 0. The summed E-state index contributed by atoms with van der Waals surface area (Å²) in [6.45, 7) is 3.34. The zero-order chi connectivity index (χ0) is 26.1. The Morgan fingerprint density at radius 3 is 2.53 bits per heavy atom. The molecule has 1 fully saturated rings. The molecule has 0 radical (unpaired) electrons. The number of rotatable bonds is 8. The molecule has 4 rings (SSSR count). The molecular formula is C26H27FN2O6S. The van der Waals surface area contributed by atoms with Crippen LogP contribution in [-0.2, 0) is 21.4 Å². The molecule has 0 bridgehead atoms. The van der Waals surface area contributed by atoms with Crippen LogP contribution in [0.3, 0.4) is 0 Å². The minimum absolute atomic E-state index is 0.0598. The number of aliphatic hydroxyl groups excluding tert-OH is 1. The summed E-state index contributed by atoms with van der Waals surface area (Å²) in [5.74, 6) is -2.85. The largest absolute Gasteiger partial charge is 0.421 e. The lowest BCUT2D eigenvalue weighted by Gasteiger charge is -2.21. The molecule has 1 aliphatic rings. The number of ether oxygens (including phenoxy) is 1. The number of fused-ring (bicyclic) bond motifs is 1. The fourth-order valence-corrected chi connectivity index (χ4v) is 5.22. The topological polar surface area (TPSA) is 113 Å². The maximum absolute atomic E-state index is 16.0. The summed E-state index contributed by atoms with van der Waals surface area (Å²) in [6.07, 6.45) is 2.16. The lowest BCUT2D eigenvalue weighted by Crippen LogP contribution is -2.31. The first-order valence-electron chi connectivity index (χ1n) is 11.5.